The molecule has 2 atom stereocenters. The van der Waals surface area contributed by atoms with Gasteiger partial charge in [-0.1, -0.05) is 24.8 Å². The van der Waals surface area contributed by atoms with Gasteiger partial charge in [-0.3, -0.25) is 4.79 Å². The van der Waals surface area contributed by atoms with Crippen molar-refractivity contribution in [3.05, 3.63) is 53.2 Å². The number of likely N-dealkylation sites (tertiary alicyclic amines) is 1. The molecule has 0 bridgehead atoms. The second kappa shape index (κ2) is 8.78. The molecule has 2 unspecified atom stereocenters. The lowest BCUT2D eigenvalue weighted by Gasteiger charge is -2.38. The third kappa shape index (κ3) is 4.35. The molecule has 0 spiro atoms. The predicted molar refractivity (Wildman–Crippen MR) is 125 cm³/mol. The van der Waals surface area contributed by atoms with E-state index in [0.717, 1.165) is 46.8 Å². The maximum atomic E-state index is 12.4. The number of carbonyl (C=O) groups is 1. The smallest absolute Gasteiger partial charge is 0.227 e. The van der Waals surface area contributed by atoms with Crippen LogP contribution < -0.4 is 5.32 Å². The molecule has 3 heterocycles. The molecule has 0 radical (unpaired) electrons. The van der Waals surface area contributed by atoms with E-state index in [1.807, 2.05) is 41.8 Å². The van der Waals surface area contributed by atoms with E-state index in [1.165, 1.54) is 0 Å². The molecule has 4 rings (SSSR count). The zero-order valence-electron chi connectivity index (χ0n) is 18.4. The van der Waals surface area contributed by atoms with Gasteiger partial charge in [0.1, 0.15) is 6.17 Å². The number of aromatic nitrogens is 2. The lowest BCUT2D eigenvalue weighted by atomic mass is 10.1. The molecular formula is C23H29N5O2S. The van der Waals surface area contributed by atoms with Gasteiger partial charge in [-0.2, -0.15) is 0 Å². The van der Waals surface area contributed by atoms with Crippen molar-refractivity contribution in [2.24, 2.45) is 0 Å². The van der Waals surface area contributed by atoms with Crippen molar-refractivity contribution < 1.29 is 9.90 Å². The Labute approximate surface area is 187 Å². The van der Waals surface area contributed by atoms with E-state index in [1.54, 1.807) is 18.0 Å². The average molecular weight is 440 g/mol. The molecular weight excluding hydrogens is 410 g/mol. The lowest BCUT2D eigenvalue weighted by molar-refractivity contribution is -0.133. The minimum Gasteiger partial charge on any atom is -0.494 e. The maximum Gasteiger partial charge on any atom is 0.227 e. The molecule has 0 aliphatic carbocycles. The summed E-state index contributed by atoms with van der Waals surface area (Å²) >= 11 is 1.62. The van der Waals surface area contributed by atoms with Crippen molar-refractivity contribution in [3.8, 4) is 0 Å². The number of anilines is 2. The molecule has 2 aromatic rings. The number of aliphatic hydroxyl groups excluding tert-OH is 1. The number of hydrogen-bond donors (Lipinski definition) is 2. The van der Waals surface area contributed by atoms with Crippen molar-refractivity contribution in [1.82, 2.24) is 19.8 Å². The van der Waals surface area contributed by atoms with E-state index in [9.17, 15) is 9.90 Å². The van der Waals surface area contributed by atoms with Gasteiger partial charge in [-0.15, -0.1) is 0 Å². The Morgan fingerprint density at radius 3 is 2.81 bits per heavy atom. The van der Waals surface area contributed by atoms with Crippen LogP contribution in [0.5, 0.6) is 0 Å². The summed E-state index contributed by atoms with van der Waals surface area (Å²) in [6.07, 6.45) is 3.84. The SMILES string of the molecule is CCC(N1CCCC1=O)N1C(O)=C(c2cc(C)cc(Nc3nccc(C)n3)c2)SC1C. The van der Waals surface area contributed by atoms with Crippen LogP contribution in [0, 0.1) is 13.8 Å². The third-order valence-electron chi connectivity index (χ3n) is 5.67. The Morgan fingerprint density at radius 2 is 2.13 bits per heavy atom. The highest BCUT2D eigenvalue weighted by molar-refractivity contribution is 8.09. The second-order valence-electron chi connectivity index (χ2n) is 8.09. The fourth-order valence-corrected chi connectivity index (χ4v) is 5.49. The summed E-state index contributed by atoms with van der Waals surface area (Å²) in [5, 5.41) is 14.5. The summed E-state index contributed by atoms with van der Waals surface area (Å²) in [6.45, 7) is 8.85. The lowest BCUT2D eigenvalue weighted by Crippen LogP contribution is -2.49. The quantitative estimate of drug-likeness (QED) is 0.671. The largest absolute Gasteiger partial charge is 0.494 e. The Balaban J connectivity index is 1.65. The van der Waals surface area contributed by atoms with Gasteiger partial charge in [0.05, 0.1) is 10.3 Å². The zero-order valence-corrected chi connectivity index (χ0v) is 19.2. The van der Waals surface area contributed by atoms with Gasteiger partial charge in [0.25, 0.3) is 0 Å². The number of hydrogen-bond acceptors (Lipinski definition) is 7. The first-order valence-electron chi connectivity index (χ1n) is 10.7. The predicted octanol–water partition coefficient (Wildman–Crippen LogP) is 4.77. The Morgan fingerprint density at radius 1 is 1.32 bits per heavy atom. The van der Waals surface area contributed by atoms with E-state index < -0.39 is 0 Å². The Bertz CT molecular complexity index is 1020. The van der Waals surface area contributed by atoms with E-state index in [4.69, 9.17) is 0 Å². The summed E-state index contributed by atoms with van der Waals surface area (Å²) < 4.78 is 0. The molecule has 1 amide bonds. The number of aliphatic hydroxyl groups is 1. The topological polar surface area (TPSA) is 81.6 Å². The van der Waals surface area contributed by atoms with Crippen LogP contribution in [0.2, 0.25) is 0 Å². The van der Waals surface area contributed by atoms with Crippen LogP contribution in [0.25, 0.3) is 4.91 Å². The van der Waals surface area contributed by atoms with Gasteiger partial charge in [0.15, 0.2) is 0 Å². The second-order valence-corrected chi connectivity index (χ2v) is 9.42. The van der Waals surface area contributed by atoms with Crippen LogP contribution in [-0.2, 0) is 4.79 Å². The first kappa shape index (κ1) is 21.5. The Hall–Kier alpha value is -2.74. The van der Waals surface area contributed by atoms with Crippen LogP contribution in [0.3, 0.4) is 0 Å². The summed E-state index contributed by atoms with van der Waals surface area (Å²) in [7, 11) is 0. The van der Waals surface area contributed by atoms with Crippen molar-refractivity contribution in [1.29, 1.82) is 0 Å². The van der Waals surface area contributed by atoms with Crippen molar-refractivity contribution in [2.75, 3.05) is 11.9 Å². The standard InChI is InChI=1S/C23H29N5O2S/c1-5-19(27-10-6-7-20(27)29)28-16(4)31-21(22(28)30)17-11-14(2)12-18(13-17)26-23-24-9-8-15(3)25-23/h8-9,11-13,16,19,30H,5-7,10H2,1-4H3,(H,24,25,26). The monoisotopic (exact) mass is 439 g/mol. The van der Waals surface area contributed by atoms with Crippen molar-refractivity contribution in [3.63, 3.8) is 0 Å². The molecule has 31 heavy (non-hydrogen) atoms. The molecule has 7 nitrogen and oxygen atoms in total. The molecule has 2 aliphatic heterocycles. The summed E-state index contributed by atoms with van der Waals surface area (Å²) in [6, 6.07) is 7.97. The number of nitrogens with one attached hydrogen (secondary N) is 1. The number of carbonyl (C=O) groups excluding carboxylic acids is 1. The molecule has 0 saturated carbocycles. The molecule has 8 heteroatoms. The highest BCUT2D eigenvalue weighted by Crippen LogP contribution is 2.45. The van der Waals surface area contributed by atoms with E-state index in [2.05, 4.69) is 35.2 Å². The number of rotatable bonds is 6. The summed E-state index contributed by atoms with van der Waals surface area (Å²) in [5.74, 6) is 0.959. The highest BCUT2D eigenvalue weighted by atomic mass is 32.2. The minimum absolute atomic E-state index is 0.0328. The molecule has 1 aromatic carbocycles. The van der Waals surface area contributed by atoms with Gasteiger partial charge in [-0.05, 0) is 62.9 Å². The summed E-state index contributed by atoms with van der Waals surface area (Å²) in [5.41, 5.74) is 3.77. The van der Waals surface area contributed by atoms with Gasteiger partial charge < -0.3 is 20.2 Å². The van der Waals surface area contributed by atoms with Gasteiger partial charge in [-0.25, -0.2) is 9.97 Å². The van der Waals surface area contributed by atoms with Gasteiger partial charge in [0.2, 0.25) is 17.7 Å². The molecule has 1 saturated heterocycles. The summed E-state index contributed by atoms with van der Waals surface area (Å²) in [4.78, 5) is 25.8. The minimum atomic E-state index is -0.127. The molecule has 1 aromatic heterocycles. The maximum absolute atomic E-state index is 12.4. The van der Waals surface area contributed by atoms with Crippen molar-refractivity contribution in [2.45, 2.75) is 58.5 Å². The number of nitrogens with zero attached hydrogens (tertiary/aromatic N) is 4. The highest BCUT2D eigenvalue weighted by Gasteiger charge is 2.39. The van der Waals surface area contributed by atoms with E-state index in [-0.39, 0.29) is 23.3 Å². The number of amides is 1. The average Bonchev–Trinajstić information content (AvgIpc) is 3.26. The zero-order chi connectivity index (χ0) is 22.1. The van der Waals surface area contributed by atoms with E-state index in [0.29, 0.717) is 12.4 Å². The van der Waals surface area contributed by atoms with Crippen LogP contribution >= 0.6 is 11.8 Å². The van der Waals surface area contributed by atoms with Crippen LogP contribution in [0.15, 0.2) is 36.3 Å². The number of thioether (sulfide) groups is 1. The van der Waals surface area contributed by atoms with Crippen LogP contribution in [0.1, 0.15) is 49.9 Å². The molecule has 1 fully saturated rings. The normalized spacial score (nSPS) is 20.0. The van der Waals surface area contributed by atoms with Gasteiger partial charge in [0, 0.05) is 30.5 Å². The fourth-order valence-electron chi connectivity index (χ4n) is 4.33. The Kier molecular flexibility index (Phi) is 6.09. The first-order valence-corrected chi connectivity index (χ1v) is 11.6. The number of benzene rings is 1. The third-order valence-corrected chi connectivity index (χ3v) is 6.90. The van der Waals surface area contributed by atoms with Crippen molar-refractivity contribution >= 4 is 34.2 Å². The molecule has 2 aliphatic rings. The van der Waals surface area contributed by atoms with Crippen LogP contribution in [-0.4, -0.2) is 48.9 Å². The number of aryl methyl sites for hydroxylation is 2. The molecule has 164 valence electrons. The fraction of sp³-hybridized carbons (Fsp3) is 0.435. The first-order chi connectivity index (χ1) is 14.9. The molecule has 2 N–H and O–H groups in total. The van der Waals surface area contributed by atoms with Crippen LogP contribution in [0.4, 0.5) is 11.6 Å². The van der Waals surface area contributed by atoms with Gasteiger partial charge >= 0.3 is 0 Å². The van der Waals surface area contributed by atoms with E-state index >= 15 is 0 Å².